The van der Waals surface area contributed by atoms with E-state index in [-0.39, 0.29) is 23.9 Å². The average molecular weight is 412 g/mol. The lowest BCUT2D eigenvalue weighted by atomic mass is 9.74. The first-order valence-corrected chi connectivity index (χ1v) is 11.1. The Morgan fingerprint density at radius 2 is 1.61 bits per heavy atom. The summed E-state index contributed by atoms with van der Waals surface area (Å²) >= 11 is 3.26. The molecule has 3 aromatic heterocycles. The molecular weight excluding hydrogens is 390 g/mol. The second-order valence-electron chi connectivity index (χ2n) is 7.46. The Balaban J connectivity index is 1.64. The van der Waals surface area contributed by atoms with E-state index in [2.05, 4.69) is 37.9 Å². The highest BCUT2D eigenvalue weighted by Gasteiger charge is 2.54. The molecule has 0 saturated carbocycles. The summed E-state index contributed by atoms with van der Waals surface area (Å²) in [6.45, 7) is 2.21. The van der Waals surface area contributed by atoms with Crippen LogP contribution in [0.2, 0.25) is 0 Å². The summed E-state index contributed by atoms with van der Waals surface area (Å²) in [7, 11) is 2.11. The van der Waals surface area contributed by atoms with Gasteiger partial charge in [-0.3, -0.25) is 14.7 Å². The number of pyridine rings is 1. The predicted molar refractivity (Wildman–Crippen MR) is 109 cm³/mol. The maximum absolute atomic E-state index is 13.4. The Bertz CT molecular complexity index is 877. The van der Waals surface area contributed by atoms with Gasteiger partial charge in [0, 0.05) is 49.0 Å². The average Bonchev–Trinajstić information content (AvgIpc) is 3.39. The highest BCUT2D eigenvalue weighted by Crippen LogP contribution is 2.49. The van der Waals surface area contributed by atoms with Gasteiger partial charge in [-0.1, -0.05) is 6.07 Å². The van der Waals surface area contributed by atoms with Crippen LogP contribution in [-0.4, -0.2) is 50.7 Å². The van der Waals surface area contributed by atoms with E-state index >= 15 is 0 Å². The van der Waals surface area contributed by atoms with Crippen LogP contribution in [0.5, 0.6) is 0 Å². The molecular formula is C20H21N5OS2. The molecule has 2 saturated heterocycles. The molecule has 5 heterocycles. The van der Waals surface area contributed by atoms with Crippen molar-refractivity contribution in [1.82, 2.24) is 24.8 Å². The molecule has 4 atom stereocenters. The standard InChI is InChI=1S/C20H21N5OS2/c1-24-11-14-16(19-22-6-8-27-19)25(10-13-4-2-3-5-21-13)17(15(12-24)18(14)26)20-23-7-9-28-20/h2-9,14-17H,10-12H2,1H3. The summed E-state index contributed by atoms with van der Waals surface area (Å²) in [4.78, 5) is 32.0. The molecule has 0 aromatic carbocycles. The fourth-order valence-electron chi connectivity index (χ4n) is 4.61. The van der Waals surface area contributed by atoms with Crippen LogP contribution >= 0.6 is 22.7 Å². The third-order valence-electron chi connectivity index (χ3n) is 5.70. The van der Waals surface area contributed by atoms with E-state index in [1.807, 2.05) is 41.5 Å². The van der Waals surface area contributed by atoms with Crippen LogP contribution in [0.1, 0.15) is 27.8 Å². The van der Waals surface area contributed by atoms with Gasteiger partial charge in [0.25, 0.3) is 0 Å². The third-order valence-corrected chi connectivity index (χ3v) is 7.40. The Hall–Kier alpha value is -2.00. The molecule has 8 heteroatoms. The number of Topliss-reactive ketones (excluding diaryl/α,β-unsaturated/α-hetero) is 1. The van der Waals surface area contributed by atoms with Gasteiger partial charge in [-0.25, -0.2) is 9.97 Å². The number of carbonyl (C=O) groups is 1. The first-order chi connectivity index (χ1) is 13.7. The lowest BCUT2D eigenvalue weighted by molar-refractivity contribution is -0.149. The summed E-state index contributed by atoms with van der Waals surface area (Å²) in [5.74, 6) is 0.209. The number of hydrogen-bond donors (Lipinski definition) is 0. The molecule has 4 unspecified atom stereocenters. The molecule has 28 heavy (non-hydrogen) atoms. The highest BCUT2D eigenvalue weighted by molar-refractivity contribution is 7.10. The maximum Gasteiger partial charge on any atom is 0.145 e. The van der Waals surface area contributed by atoms with Gasteiger partial charge in [0.1, 0.15) is 15.8 Å². The van der Waals surface area contributed by atoms with Crippen molar-refractivity contribution in [2.75, 3.05) is 20.1 Å². The van der Waals surface area contributed by atoms with Crippen LogP contribution in [0.4, 0.5) is 0 Å². The summed E-state index contributed by atoms with van der Waals surface area (Å²) < 4.78 is 0. The Morgan fingerprint density at radius 3 is 2.11 bits per heavy atom. The Kier molecular flexibility index (Phi) is 4.80. The Labute approximate surface area is 171 Å². The highest BCUT2D eigenvalue weighted by atomic mass is 32.1. The normalized spacial score (nSPS) is 28.5. The molecule has 0 amide bonds. The molecule has 2 bridgehead atoms. The molecule has 3 aromatic rings. The van der Waals surface area contributed by atoms with E-state index in [4.69, 9.17) is 0 Å². The van der Waals surface area contributed by atoms with Crippen molar-refractivity contribution in [3.05, 3.63) is 63.3 Å². The van der Waals surface area contributed by atoms with Crippen molar-refractivity contribution in [3.8, 4) is 0 Å². The van der Waals surface area contributed by atoms with Crippen LogP contribution in [0.25, 0.3) is 0 Å². The van der Waals surface area contributed by atoms with Crippen LogP contribution < -0.4 is 0 Å². The van der Waals surface area contributed by atoms with E-state index in [0.717, 1.165) is 28.8 Å². The predicted octanol–water partition coefficient (Wildman–Crippen LogP) is 3.04. The van der Waals surface area contributed by atoms with Crippen LogP contribution in [0.15, 0.2) is 47.5 Å². The number of carbonyl (C=O) groups excluding carboxylic acids is 1. The largest absolute Gasteiger partial charge is 0.305 e. The lowest BCUT2D eigenvalue weighted by Gasteiger charge is -2.52. The quantitative estimate of drug-likeness (QED) is 0.658. The van der Waals surface area contributed by atoms with E-state index in [1.165, 1.54) is 0 Å². The molecule has 5 rings (SSSR count). The second kappa shape index (κ2) is 7.44. The minimum atomic E-state index is -0.0742. The lowest BCUT2D eigenvalue weighted by Crippen LogP contribution is -2.59. The fourth-order valence-corrected chi connectivity index (χ4v) is 6.26. The van der Waals surface area contributed by atoms with Gasteiger partial charge in [-0.15, -0.1) is 22.7 Å². The first-order valence-electron chi connectivity index (χ1n) is 9.39. The molecule has 6 nitrogen and oxygen atoms in total. The topological polar surface area (TPSA) is 62.2 Å². The van der Waals surface area contributed by atoms with E-state index < -0.39 is 0 Å². The molecule has 144 valence electrons. The second-order valence-corrected chi connectivity index (χ2v) is 9.31. The van der Waals surface area contributed by atoms with Gasteiger partial charge >= 0.3 is 0 Å². The van der Waals surface area contributed by atoms with Crippen molar-refractivity contribution in [2.45, 2.75) is 18.6 Å². The zero-order valence-electron chi connectivity index (χ0n) is 15.5. The van der Waals surface area contributed by atoms with Crippen LogP contribution in [0.3, 0.4) is 0 Å². The number of piperidine rings is 2. The summed E-state index contributed by atoms with van der Waals surface area (Å²) in [5, 5.41) is 6.00. The smallest absolute Gasteiger partial charge is 0.145 e. The maximum atomic E-state index is 13.4. The molecule has 0 aliphatic carbocycles. The van der Waals surface area contributed by atoms with Crippen LogP contribution in [-0.2, 0) is 11.3 Å². The number of hydrogen-bond acceptors (Lipinski definition) is 8. The van der Waals surface area contributed by atoms with Gasteiger partial charge in [0.15, 0.2) is 0 Å². The van der Waals surface area contributed by atoms with Gasteiger partial charge in [0.2, 0.25) is 0 Å². The summed E-state index contributed by atoms with van der Waals surface area (Å²) in [6.07, 6.45) is 5.50. The van der Waals surface area contributed by atoms with Crippen molar-refractivity contribution >= 4 is 28.5 Å². The number of rotatable bonds is 4. The number of thiazole rings is 2. The van der Waals surface area contributed by atoms with Crippen molar-refractivity contribution in [3.63, 3.8) is 0 Å². The zero-order valence-corrected chi connectivity index (χ0v) is 17.1. The van der Waals surface area contributed by atoms with Crippen molar-refractivity contribution < 1.29 is 4.79 Å². The molecule has 0 spiro atoms. The minimum Gasteiger partial charge on any atom is -0.305 e. The van der Waals surface area contributed by atoms with Gasteiger partial charge in [-0.2, -0.15) is 0 Å². The zero-order chi connectivity index (χ0) is 19.1. The van der Waals surface area contributed by atoms with Crippen molar-refractivity contribution in [2.24, 2.45) is 11.8 Å². The van der Waals surface area contributed by atoms with Crippen molar-refractivity contribution in [1.29, 1.82) is 0 Å². The summed E-state index contributed by atoms with van der Waals surface area (Å²) in [6, 6.07) is 5.90. The SMILES string of the molecule is CN1CC2C(=O)C(C1)C(c1nccs1)N(Cc1ccccn1)C2c1nccs1. The third kappa shape index (κ3) is 3.10. The fraction of sp³-hybridized carbons (Fsp3) is 0.400. The van der Waals surface area contributed by atoms with Crippen LogP contribution in [0, 0.1) is 11.8 Å². The molecule has 2 aliphatic heterocycles. The van der Waals surface area contributed by atoms with Gasteiger partial charge < -0.3 is 4.90 Å². The summed E-state index contributed by atoms with van der Waals surface area (Å²) in [5.41, 5.74) is 1.01. The van der Waals surface area contributed by atoms with Gasteiger partial charge in [0.05, 0.1) is 29.6 Å². The number of likely N-dealkylation sites (tertiary alicyclic amines) is 2. The first kappa shape index (κ1) is 18.1. The number of aromatic nitrogens is 3. The molecule has 0 N–H and O–H groups in total. The number of nitrogens with zero attached hydrogens (tertiary/aromatic N) is 5. The molecule has 2 aliphatic rings. The van der Waals surface area contributed by atoms with E-state index in [0.29, 0.717) is 12.3 Å². The molecule has 0 radical (unpaired) electrons. The number of ketones is 1. The number of fused-ring (bicyclic) bond motifs is 2. The van der Waals surface area contributed by atoms with Gasteiger partial charge in [-0.05, 0) is 19.2 Å². The van der Waals surface area contributed by atoms with E-state index in [1.54, 1.807) is 22.7 Å². The van der Waals surface area contributed by atoms with E-state index in [9.17, 15) is 4.79 Å². The molecule has 2 fully saturated rings. The monoisotopic (exact) mass is 411 g/mol. The Morgan fingerprint density at radius 1 is 0.964 bits per heavy atom. The minimum absolute atomic E-state index is 0.0533.